The highest BCUT2D eigenvalue weighted by Crippen LogP contribution is 2.67. The van der Waals surface area contributed by atoms with E-state index in [0.717, 1.165) is 90.9 Å². The number of alkyl halides is 1. The molecule has 4 aliphatic carbocycles. The monoisotopic (exact) mass is 810 g/mol. The lowest BCUT2D eigenvalue weighted by Gasteiger charge is -2.58. The van der Waals surface area contributed by atoms with Crippen molar-refractivity contribution in [2.75, 3.05) is 6.61 Å². The first kappa shape index (κ1) is 44.3. The van der Waals surface area contributed by atoms with Gasteiger partial charge < -0.3 is 14.2 Å². The Hall–Kier alpha value is -3.23. The Labute approximate surface area is 355 Å². The molecular formula is C52H71ClO5. The minimum atomic E-state index is -0.679. The highest BCUT2D eigenvalue weighted by atomic mass is 35.5. The standard InChI is InChI=1S/C52H71ClO5/c1-35(2)12-11-13-37(5)45-27-28-46-44-26-21-40-34-43(29-31-51(40,6)47(44)30-32-52(45,46)7)57-48(54)14-9-8-10-33-56-41-22-17-38(18-23-41)15-16-39-19-24-42(25-20-39)58-50(55)49(53)36(3)4/h17-25,35-37,43-47,49H,8-14,26-34H2,1-7H3/t37-,43+,44+,45-,46+,47+,49+,51+,52-/m1/s1. The summed E-state index contributed by atoms with van der Waals surface area (Å²) < 4.78 is 17.4. The van der Waals surface area contributed by atoms with E-state index in [1.807, 2.05) is 50.2 Å². The smallest absolute Gasteiger partial charge is 0.329 e. The molecule has 316 valence electrons. The molecule has 0 amide bonds. The van der Waals surface area contributed by atoms with Gasteiger partial charge in [-0.1, -0.05) is 91.2 Å². The van der Waals surface area contributed by atoms with E-state index in [1.165, 1.54) is 51.4 Å². The maximum Gasteiger partial charge on any atom is 0.329 e. The topological polar surface area (TPSA) is 61.8 Å². The van der Waals surface area contributed by atoms with Crippen LogP contribution in [0.3, 0.4) is 0 Å². The zero-order valence-corrected chi connectivity index (χ0v) is 37.4. The van der Waals surface area contributed by atoms with Crippen molar-refractivity contribution in [3.05, 3.63) is 71.3 Å². The third-order valence-corrected chi connectivity index (χ3v) is 15.6. The van der Waals surface area contributed by atoms with Gasteiger partial charge in [0.1, 0.15) is 23.0 Å². The number of halogens is 1. The zero-order chi connectivity index (χ0) is 41.5. The molecule has 0 spiro atoms. The first-order valence-electron chi connectivity index (χ1n) is 22.9. The molecule has 6 heteroatoms. The fraction of sp³-hybridized carbons (Fsp3) is 0.654. The number of carbonyl (C=O) groups excluding carboxylic acids is 2. The number of carbonyl (C=O) groups is 2. The lowest BCUT2D eigenvalue weighted by molar-refractivity contribution is -0.151. The third kappa shape index (κ3) is 10.7. The second-order valence-corrected chi connectivity index (χ2v) is 20.1. The van der Waals surface area contributed by atoms with Crippen molar-refractivity contribution in [3.63, 3.8) is 0 Å². The van der Waals surface area contributed by atoms with Gasteiger partial charge in [0, 0.05) is 24.0 Å². The molecule has 9 atom stereocenters. The van der Waals surface area contributed by atoms with Gasteiger partial charge in [-0.2, -0.15) is 0 Å². The highest BCUT2D eigenvalue weighted by molar-refractivity contribution is 6.30. The Bertz CT molecular complexity index is 1770. The second kappa shape index (κ2) is 19.9. The van der Waals surface area contributed by atoms with Gasteiger partial charge in [-0.25, -0.2) is 0 Å². The van der Waals surface area contributed by atoms with Crippen LogP contribution in [0.25, 0.3) is 0 Å². The molecule has 0 bridgehead atoms. The maximum atomic E-state index is 12.9. The van der Waals surface area contributed by atoms with E-state index < -0.39 is 11.3 Å². The lowest BCUT2D eigenvalue weighted by Crippen LogP contribution is -2.51. The summed E-state index contributed by atoms with van der Waals surface area (Å²) in [6, 6.07) is 14.9. The Balaban J connectivity index is 0.875. The number of hydrogen-bond acceptors (Lipinski definition) is 5. The van der Waals surface area contributed by atoms with Crippen LogP contribution < -0.4 is 9.47 Å². The molecule has 4 aliphatic rings. The van der Waals surface area contributed by atoms with Crippen LogP contribution >= 0.6 is 11.6 Å². The number of ether oxygens (including phenoxy) is 3. The molecule has 5 nitrogen and oxygen atoms in total. The maximum absolute atomic E-state index is 12.9. The molecule has 3 fully saturated rings. The fourth-order valence-electron chi connectivity index (χ4n) is 11.6. The Morgan fingerprint density at radius 3 is 2.16 bits per heavy atom. The van der Waals surface area contributed by atoms with E-state index in [-0.39, 0.29) is 23.4 Å². The molecule has 0 heterocycles. The average Bonchev–Trinajstić information content (AvgIpc) is 3.56. The Kier molecular flexibility index (Phi) is 15.2. The van der Waals surface area contributed by atoms with E-state index >= 15 is 0 Å². The summed E-state index contributed by atoms with van der Waals surface area (Å²) in [4.78, 5) is 25.0. The SMILES string of the molecule is CC(C)CCC[C@@H](C)[C@H]1CC[C@H]2[C@@H]3CC=C4C[C@@H](OC(=O)CCCCCOc5ccc(C#Cc6ccc(OC(=O)[C@@H](Cl)C(C)C)cc6)cc5)CC[C@]4(C)[C@H]3CC[C@]12C. The fourth-order valence-corrected chi connectivity index (χ4v) is 11.6. The van der Waals surface area contributed by atoms with E-state index in [2.05, 4.69) is 52.5 Å². The molecule has 0 unspecified atom stereocenters. The molecule has 0 N–H and O–H groups in total. The van der Waals surface area contributed by atoms with Gasteiger partial charge in [0.05, 0.1) is 6.61 Å². The van der Waals surface area contributed by atoms with E-state index in [0.29, 0.717) is 24.2 Å². The van der Waals surface area contributed by atoms with Gasteiger partial charge in [-0.05, 0) is 165 Å². The number of esters is 2. The number of fused-ring (bicyclic) bond motifs is 5. The third-order valence-electron chi connectivity index (χ3n) is 14.9. The minimum Gasteiger partial charge on any atom is -0.494 e. The van der Waals surface area contributed by atoms with Crippen molar-refractivity contribution in [3.8, 4) is 23.3 Å². The summed E-state index contributed by atoms with van der Waals surface area (Å²) >= 11 is 6.10. The van der Waals surface area contributed by atoms with Crippen molar-refractivity contribution in [2.24, 2.45) is 52.3 Å². The van der Waals surface area contributed by atoms with Crippen molar-refractivity contribution < 1.29 is 23.8 Å². The molecule has 2 aromatic rings. The first-order valence-corrected chi connectivity index (χ1v) is 23.3. The second-order valence-electron chi connectivity index (χ2n) is 19.7. The van der Waals surface area contributed by atoms with Crippen molar-refractivity contribution >= 4 is 23.5 Å². The lowest BCUT2D eigenvalue weighted by atomic mass is 9.47. The van der Waals surface area contributed by atoms with Crippen LogP contribution in [0.2, 0.25) is 0 Å². The molecule has 0 aliphatic heterocycles. The molecular weight excluding hydrogens is 740 g/mol. The van der Waals surface area contributed by atoms with Gasteiger partial charge in [-0.3, -0.25) is 9.59 Å². The molecule has 2 aromatic carbocycles. The van der Waals surface area contributed by atoms with Gasteiger partial charge in [0.25, 0.3) is 0 Å². The normalized spacial score (nSPS) is 28.6. The number of allylic oxidation sites excluding steroid dienone is 1. The molecule has 58 heavy (non-hydrogen) atoms. The van der Waals surface area contributed by atoms with Crippen molar-refractivity contribution in [1.82, 2.24) is 0 Å². The zero-order valence-electron chi connectivity index (χ0n) is 36.6. The molecule has 3 saturated carbocycles. The highest BCUT2D eigenvalue weighted by Gasteiger charge is 2.59. The van der Waals surface area contributed by atoms with Crippen LogP contribution in [-0.2, 0) is 14.3 Å². The Morgan fingerprint density at radius 1 is 0.793 bits per heavy atom. The van der Waals surface area contributed by atoms with Crippen LogP contribution in [0.15, 0.2) is 60.2 Å². The summed E-state index contributed by atoms with van der Waals surface area (Å²) in [6.07, 6.45) is 19.9. The Morgan fingerprint density at radius 2 is 1.48 bits per heavy atom. The summed E-state index contributed by atoms with van der Waals surface area (Å²) in [5.74, 6) is 12.1. The van der Waals surface area contributed by atoms with Crippen molar-refractivity contribution in [2.45, 2.75) is 156 Å². The largest absolute Gasteiger partial charge is 0.494 e. The van der Waals surface area contributed by atoms with Gasteiger partial charge >= 0.3 is 11.9 Å². The van der Waals surface area contributed by atoms with Gasteiger partial charge in [-0.15, -0.1) is 11.6 Å². The van der Waals surface area contributed by atoms with Crippen LogP contribution in [0.5, 0.6) is 11.5 Å². The average molecular weight is 812 g/mol. The van der Waals surface area contributed by atoms with Crippen LogP contribution in [0.4, 0.5) is 0 Å². The minimum absolute atomic E-state index is 0.00169. The van der Waals surface area contributed by atoms with Crippen molar-refractivity contribution in [1.29, 1.82) is 0 Å². The molecule has 0 radical (unpaired) electrons. The van der Waals surface area contributed by atoms with Gasteiger partial charge in [0.2, 0.25) is 0 Å². The number of hydrogen-bond donors (Lipinski definition) is 0. The van der Waals surface area contributed by atoms with E-state index in [1.54, 1.807) is 17.7 Å². The predicted molar refractivity (Wildman–Crippen MR) is 236 cm³/mol. The summed E-state index contributed by atoms with van der Waals surface area (Å²) in [5.41, 5.74) is 4.08. The molecule has 0 aromatic heterocycles. The summed E-state index contributed by atoms with van der Waals surface area (Å²) in [7, 11) is 0. The van der Waals surface area contributed by atoms with Crippen LogP contribution in [-0.4, -0.2) is 30.0 Å². The summed E-state index contributed by atoms with van der Waals surface area (Å²) in [6.45, 7) is 16.9. The number of rotatable bonds is 16. The first-order chi connectivity index (χ1) is 27.8. The molecule has 0 saturated heterocycles. The number of benzene rings is 2. The van der Waals surface area contributed by atoms with Crippen LogP contribution in [0.1, 0.15) is 156 Å². The predicted octanol–water partition coefficient (Wildman–Crippen LogP) is 13.1. The van der Waals surface area contributed by atoms with E-state index in [9.17, 15) is 9.59 Å². The van der Waals surface area contributed by atoms with Crippen LogP contribution in [0, 0.1) is 64.1 Å². The van der Waals surface area contributed by atoms with Gasteiger partial charge in [0.15, 0.2) is 0 Å². The molecule has 6 rings (SSSR count). The summed E-state index contributed by atoms with van der Waals surface area (Å²) in [5, 5.41) is -0.679. The number of unbranched alkanes of at least 4 members (excludes halogenated alkanes) is 2. The van der Waals surface area contributed by atoms with E-state index in [4.69, 9.17) is 25.8 Å². The quantitative estimate of drug-likeness (QED) is 0.0422.